The number of allylic oxidation sites excluding steroid dienone is 1. The van der Waals surface area contributed by atoms with Crippen LogP contribution in [0, 0.1) is 50.6 Å². The summed E-state index contributed by atoms with van der Waals surface area (Å²) in [4.78, 5) is 90.2. The lowest BCUT2D eigenvalue weighted by molar-refractivity contribution is -0.389. The van der Waals surface area contributed by atoms with Gasteiger partial charge < -0.3 is 64.8 Å². The number of H-pyrrole nitrogens is 1. The Morgan fingerprint density at radius 2 is 1.26 bits per heavy atom. The fourth-order valence-electron chi connectivity index (χ4n) is 6.10. The van der Waals surface area contributed by atoms with E-state index in [2.05, 4.69) is 77.3 Å². The molecule has 0 radical (unpaired) electrons. The number of nitrogens with one attached hydrogen (secondary N) is 1. The molecule has 0 aromatic carbocycles. The summed E-state index contributed by atoms with van der Waals surface area (Å²) in [7, 11) is -1.82. The highest BCUT2D eigenvalue weighted by atomic mass is 35.5. The summed E-state index contributed by atoms with van der Waals surface area (Å²) in [5, 5.41) is 61.5. The van der Waals surface area contributed by atoms with Crippen LogP contribution in [0.25, 0.3) is 0 Å². The smallest absolute Gasteiger partial charge is 0.414 e. The fraction of sp³-hybridized carbons (Fsp3) is 0.587. The zero-order chi connectivity index (χ0) is 61.9. The second-order valence-electron chi connectivity index (χ2n) is 18.9. The number of hydrogen-bond donors (Lipinski definition) is 2. The monoisotopic (exact) mass is 1240 g/mol. The van der Waals surface area contributed by atoms with E-state index in [9.17, 15) is 65.3 Å². The molecule has 0 spiro atoms. The van der Waals surface area contributed by atoms with Crippen LogP contribution in [0.3, 0.4) is 0 Å². The number of aromatic nitrogens is 10. The number of carbonyl (C=O) groups is 2. The Morgan fingerprint density at radius 1 is 0.790 bits per heavy atom. The average molecular weight is 1240 g/mol. The Kier molecular flexibility index (Phi) is 31.4. The molecule has 0 aliphatic carbocycles. The maximum atomic E-state index is 11.0. The van der Waals surface area contributed by atoms with Crippen molar-refractivity contribution in [2.45, 2.75) is 176 Å². The van der Waals surface area contributed by atoms with Gasteiger partial charge in [0.1, 0.15) is 48.7 Å². The predicted octanol–water partition coefficient (Wildman–Crippen LogP) is 11.5. The number of aromatic amines is 1. The molecule has 5 aromatic heterocycles. The van der Waals surface area contributed by atoms with E-state index in [1.807, 2.05) is 13.8 Å². The van der Waals surface area contributed by atoms with Crippen LogP contribution < -0.4 is 4.74 Å². The number of ketones is 2. The van der Waals surface area contributed by atoms with Gasteiger partial charge in [0.05, 0.1) is 6.10 Å². The number of carbonyl (C=O) groups excluding carboxylic acids is 2. The van der Waals surface area contributed by atoms with Crippen molar-refractivity contribution in [3.8, 4) is 6.01 Å². The van der Waals surface area contributed by atoms with Crippen LogP contribution in [0.15, 0.2) is 43.6 Å². The molecule has 6 heterocycles. The van der Waals surface area contributed by atoms with Crippen LogP contribution in [-0.2, 0) is 40.2 Å². The van der Waals surface area contributed by atoms with Gasteiger partial charge in [0, 0.05) is 63.0 Å². The predicted molar refractivity (Wildman–Crippen MR) is 303 cm³/mol. The van der Waals surface area contributed by atoms with Crippen molar-refractivity contribution in [3.05, 3.63) is 115 Å². The lowest BCUT2D eigenvalue weighted by Gasteiger charge is -2.39. The van der Waals surface area contributed by atoms with Gasteiger partial charge in [-0.25, -0.2) is 4.98 Å². The minimum atomic E-state index is -1.82. The maximum Gasteiger partial charge on any atom is 0.414 e. The first-order valence-corrected chi connectivity index (χ1v) is 29.5. The first-order valence-electron chi connectivity index (χ1n) is 25.1. The maximum absolute atomic E-state index is 11.0. The number of Topliss-reactive ketones (excluding diaryl/α,β-unsaturated/α-hetero) is 2. The summed E-state index contributed by atoms with van der Waals surface area (Å²) in [6, 6.07) is 0.370. The van der Waals surface area contributed by atoms with Crippen LogP contribution in [-0.4, -0.2) is 116 Å². The molecule has 0 amide bonds. The number of aliphatic hydroxyl groups is 1. The van der Waals surface area contributed by atoms with Crippen LogP contribution in [0.5, 0.6) is 6.01 Å². The molecule has 2 N–H and O–H groups in total. The van der Waals surface area contributed by atoms with Crippen LogP contribution >= 0.6 is 46.4 Å². The largest absolute Gasteiger partial charge is 0.442 e. The molecule has 0 saturated heterocycles. The third kappa shape index (κ3) is 26.1. The second-order valence-corrected chi connectivity index (χ2v) is 25.1. The van der Waals surface area contributed by atoms with Crippen LogP contribution in [0.1, 0.15) is 113 Å². The van der Waals surface area contributed by atoms with Gasteiger partial charge in [-0.05, 0) is 143 Å². The highest BCUT2D eigenvalue weighted by Gasteiger charge is 2.39. The number of hydrogen-bond acceptors (Lipinski definition) is 20. The van der Waals surface area contributed by atoms with Gasteiger partial charge in [-0.15, -0.1) is 6.58 Å². The summed E-state index contributed by atoms with van der Waals surface area (Å²) < 4.78 is 18.0. The lowest BCUT2D eigenvalue weighted by atomic mass is 10.2. The van der Waals surface area contributed by atoms with Gasteiger partial charge in [-0.3, -0.25) is 27.9 Å². The Balaban J connectivity index is 0.000000503. The summed E-state index contributed by atoms with van der Waals surface area (Å²) in [6.45, 7) is 25.8. The number of aliphatic hydroxyl groups excluding tert-OH is 1. The molecule has 5 aromatic rings. The molecular formula is C46H69Cl4N15O15Si. The van der Waals surface area contributed by atoms with E-state index in [1.54, 1.807) is 29.1 Å². The van der Waals surface area contributed by atoms with Crippen molar-refractivity contribution in [1.82, 2.24) is 48.2 Å². The van der Waals surface area contributed by atoms with E-state index >= 15 is 0 Å². The van der Waals surface area contributed by atoms with E-state index in [-0.39, 0.29) is 79.0 Å². The van der Waals surface area contributed by atoms with Crippen molar-refractivity contribution in [2.75, 3.05) is 0 Å². The molecule has 35 heteroatoms. The van der Waals surface area contributed by atoms with Gasteiger partial charge in [-0.1, -0.05) is 54.5 Å². The van der Waals surface area contributed by atoms with Crippen molar-refractivity contribution in [3.63, 3.8) is 0 Å². The third-order valence-corrected chi connectivity index (χ3v) is 17.4. The molecule has 1 aliphatic heterocycles. The zero-order valence-corrected chi connectivity index (χ0v) is 50.6. The molecule has 1 aliphatic rings. The molecule has 0 saturated carbocycles. The Bertz CT molecular complexity index is 2870. The Morgan fingerprint density at radius 3 is 1.59 bits per heavy atom. The van der Waals surface area contributed by atoms with E-state index in [1.165, 1.54) is 33.9 Å². The van der Waals surface area contributed by atoms with Crippen LogP contribution in [0.4, 0.5) is 29.1 Å². The Labute approximate surface area is 487 Å². The number of rotatable bonds is 22. The second kappa shape index (κ2) is 35.2. The number of fused-ring (bicyclic) bond motifs is 1. The molecule has 81 heavy (non-hydrogen) atoms. The van der Waals surface area contributed by atoms with Crippen molar-refractivity contribution in [1.29, 1.82) is 0 Å². The highest BCUT2D eigenvalue weighted by Crippen LogP contribution is 2.38. The first-order chi connectivity index (χ1) is 37.7. The number of ether oxygens (including phenoxy) is 1. The summed E-state index contributed by atoms with van der Waals surface area (Å²) in [5.41, 5.74) is 0. The van der Waals surface area contributed by atoms with Gasteiger partial charge in [0.25, 0.3) is 5.28 Å². The molecule has 0 bridgehead atoms. The van der Waals surface area contributed by atoms with Gasteiger partial charge >= 0.3 is 51.0 Å². The minimum Gasteiger partial charge on any atom is -0.442 e. The van der Waals surface area contributed by atoms with Gasteiger partial charge in [0.15, 0.2) is 8.32 Å². The summed E-state index contributed by atoms with van der Waals surface area (Å²) in [6.07, 6.45) is 13.7. The number of nitrogens with zero attached hydrogens (tertiary/aromatic N) is 14. The van der Waals surface area contributed by atoms with E-state index in [4.69, 9.17) is 55.6 Å². The van der Waals surface area contributed by atoms with Gasteiger partial charge in [0.2, 0.25) is 0 Å². The highest BCUT2D eigenvalue weighted by molar-refractivity contribution is 6.74. The normalized spacial score (nSPS) is 13.1. The standard InChI is InChI=1S/C14H26ClN3O3Si.C8H12ClN3O3.C8H10ClN3O3.C8H11N3O3.C5H8O.C3H2ClN3O2/c1-7-11(21-22(5,6)14(2,3)4)8-9-17-10-12(18(19)20)16-13(17)15;2*1-2-6(13)3-4-11-5-7(12(14)15)10-8(11)9;1-2-6-3-4-10-5-7(11(12)13)9-8(10)14-6;1-3-4-5(2)6;4-3-5-1-2(6-3)7(8)9/h10-11H,7-9H2,1-6H3;5-6,13H,2-4H2,1H3;5H,2-4H2,1H3;5-6H,2-4H2,1H3;3H,1,4H2,2H3;1H,(H,5,6). The minimum absolute atomic E-state index is 0.0294. The molecular weight excluding hydrogens is 1170 g/mol. The van der Waals surface area contributed by atoms with Gasteiger partial charge in [-0.2, -0.15) is 4.98 Å². The number of aryl methyl sites for hydroxylation is 4. The number of halogens is 4. The topological polar surface area (TPSA) is 388 Å². The molecule has 3 atom stereocenters. The summed E-state index contributed by atoms with van der Waals surface area (Å²) in [5.74, 6) is -0.873. The lowest BCUT2D eigenvalue weighted by Crippen LogP contribution is -2.44. The van der Waals surface area contributed by atoms with E-state index in [0.29, 0.717) is 57.7 Å². The molecule has 3 unspecified atom stereocenters. The van der Waals surface area contributed by atoms with E-state index < -0.39 is 39.0 Å². The molecule has 6 rings (SSSR count). The molecule has 450 valence electrons. The average Bonchev–Trinajstić information content (AvgIpc) is 4.25. The van der Waals surface area contributed by atoms with Crippen LogP contribution in [0.2, 0.25) is 39.3 Å². The van der Waals surface area contributed by atoms with Crippen molar-refractivity contribution < 1.29 is 48.5 Å². The number of nitro groups is 5. The molecule has 30 nitrogen and oxygen atoms in total. The Hall–Kier alpha value is -6.77. The SMILES string of the molecule is C=CCC(C)=O.CCC(=O)CCn1cc([N+](=O)[O-])nc1Cl.CCC(CCn1cc([N+](=O)[O-])nc1Cl)O[Si](C)(C)C(C)(C)C.CCC(O)CCn1cc([N+](=O)[O-])nc1Cl.CCC1CCn2cc([N+](=O)[O-])nc2O1.O=[N+]([O-])c1cnc(Cl)[nH]1. The van der Waals surface area contributed by atoms with Crippen molar-refractivity contribution >= 4 is 95.4 Å². The first kappa shape index (κ1) is 72.2. The molecule has 0 fully saturated rings. The van der Waals surface area contributed by atoms with Crippen molar-refractivity contribution in [2.24, 2.45) is 0 Å². The summed E-state index contributed by atoms with van der Waals surface area (Å²) >= 11 is 22.5. The number of imidazole rings is 5. The quantitative estimate of drug-likeness (QED) is 0.0281. The third-order valence-electron chi connectivity index (χ3n) is 11.8. The fourth-order valence-corrected chi connectivity index (χ4v) is 8.38. The zero-order valence-electron chi connectivity index (χ0n) is 46.5. The van der Waals surface area contributed by atoms with E-state index in [0.717, 1.165) is 38.4 Å².